The van der Waals surface area contributed by atoms with Crippen LogP contribution in [-0.4, -0.2) is 49.1 Å². The first kappa shape index (κ1) is 15.4. The van der Waals surface area contributed by atoms with E-state index in [4.69, 9.17) is 0 Å². The molecule has 0 aromatic heterocycles. The summed E-state index contributed by atoms with van der Waals surface area (Å²) in [4.78, 5) is 14.2. The zero-order chi connectivity index (χ0) is 13.5. The summed E-state index contributed by atoms with van der Waals surface area (Å²) in [6.07, 6.45) is 2.24. The molecule has 18 heavy (non-hydrogen) atoms. The highest BCUT2D eigenvalue weighted by Gasteiger charge is 2.25. The van der Waals surface area contributed by atoms with E-state index in [0.717, 1.165) is 26.1 Å². The van der Waals surface area contributed by atoms with Crippen molar-refractivity contribution in [2.45, 2.75) is 52.6 Å². The second-order valence-corrected chi connectivity index (χ2v) is 5.81. The Morgan fingerprint density at radius 2 is 2.00 bits per heavy atom. The van der Waals surface area contributed by atoms with Crippen molar-refractivity contribution in [2.75, 3.05) is 26.2 Å². The lowest BCUT2D eigenvalue weighted by Crippen LogP contribution is -2.59. The van der Waals surface area contributed by atoms with Gasteiger partial charge in [-0.3, -0.25) is 9.69 Å². The Labute approximate surface area is 111 Å². The minimum atomic E-state index is 0.167. The summed E-state index contributed by atoms with van der Waals surface area (Å²) in [5.41, 5.74) is 0. The molecule has 1 aliphatic rings. The summed E-state index contributed by atoms with van der Waals surface area (Å²) >= 11 is 0. The van der Waals surface area contributed by atoms with Crippen LogP contribution in [0.25, 0.3) is 0 Å². The van der Waals surface area contributed by atoms with Gasteiger partial charge in [0, 0.05) is 25.2 Å². The van der Waals surface area contributed by atoms with E-state index in [1.165, 1.54) is 6.42 Å². The van der Waals surface area contributed by atoms with Gasteiger partial charge in [0.15, 0.2) is 0 Å². The van der Waals surface area contributed by atoms with Crippen LogP contribution < -0.4 is 10.6 Å². The Morgan fingerprint density at radius 3 is 2.44 bits per heavy atom. The minimum absolute atomic E-state index is 0.167. The van der Waals surface area contributed by atoms with E-state index in [9.17, 15) is 4.79 Å². The molecule has 1 amide bonds. The number of amides is 1. The van der Waals surface area contributed by atoms with Gasteiger partial charge >= 0.3 is 0 Å². The van der Waals surface area contributed by atoms with Gasteiger partial charge in [0.2, 0.25) is 5.91 Å². The molecule has 4 nitrogen and oxygen atoms in total. The van der Waals surface area contributed by atoms with E-state index in [0.29, 0.717) is 18.5 Å². The first-order chi connectivity index (χ1) is 8.52. The molecule has 0 saturated carbocycles. The molecule has 0 bridgehead atoms. The van der Waals surface area contributed by atoms with Crippen LogP contribution in [0.2, 0.25) is 0 Å². The van der Waals surface area contributed by atoms with Gasteiger partial charge in [-0.15, -0.1) is 0 Å². The van der Waals surface area contributed by atoms with Crippen molar-refractivity contribution in [1.82, 2.24) is 15.5 Å². The molecule has 0 aromatic carbocycles. The SMILES string of the molecule is CCN(CC(=O)NC(C)CCC(C)C)C1CNC1. The third-order valence-electron chi connectivity index (χ3n) is 3.61. The van der Waals surface area contributed by atoms with Crippen LogP contribution in [0.4, 0.5) is 0 Å². The van der Waals surface area contributed by atoms with Crippen molar-refractivity contribution in [1.29, 1.82) is 0 Å². The third kappa shape index (κ3) is 5.36. The lowest BCUT2D eigenvalue weighted by Gasteiger charge is -2.37. The molecule has 1 saturated heterocycles. The van der Waals surface area contributed by atoms with Gasteiger partial charge in [0.25, 0.3) is 0 Å². The Balaban J connectivity index is 2.22. The monoisotopic (exact) mass is 255 g/mol. The van der Waals surface area contributed by atoms with Crippen molar-refractivity contribution >= 4 is 5.91 Å². The molecule has 0 spiro atoms. The zero-order valence-corrected chi connectivity index (χ0v) is 12.3. The molecular weight excluding hydrogens is 226 g/mol. The van der Waals surface area contributed by atoms with Crippen molar-refractivity contribution in [3.05, 3.63) is 0 Å². The average molecular weight is 255 g/mol. The number of likely N-dealkylation sites (N-methyl/N-ethyl adjacent to an activating group) is 1. The summed E-state index contributed by atoms with van der Waals surface area (Å²) < 4.78 is 0. The van der Waals surface area contributed by atoms with Crippen molar-refractivity contribution in [2.24, 2.45) is 5.92 Å². The number of carbonyl (C=O) groups excluding carboxylic acids is 1. The Morgan fingerprint density at radius 1 is 1.33 bits per heavy atom. The van der Waals surface area contributed by atoms with Crippen LogP contribution in [-0.2, 0) is 4.79 Å². The van der Waals surface area contributed by atoms with Gasteiger partial charge in [0.1, 0.15) is 0 Å². The summed E-state index contributed by atoms with van der Waals surface area (Å²) in [6.45, 7) is 12.2. The number of hydrogen-bond donors (Lipinski definition) is 2. The predicted molar refractivity (Wildman–Crippen MR) is 75.6 cm³/mol. The van der Waals surface area contributed by atoms with Crippen molar-refractivity contribution < 1.29 is 4.79 Å². The number of carbonyl (C=O) groups is 1. The number of rotatable bonds is 8. The summed E-state index contributed by atoms with van der Waals surface area (Å²) in [5.74, 6) is 0.873. The number of nitrogens with one attached hydrogen (secondary N) is 2. The van der Waals surface area contributed by atoms with Gasteiger partial charge in [-0.2, -0.15) is 0 Å². The fourth-order valence-electron chi connectivity index (χ4n) is 2.19. The van der Waals surface area contributed by atoms with Crippen LogP contribution in [0.1, 0.15) is 40.5 Å². The van der Waals surface area contributed by atoms with E-state index in [-0.39, 0.29) is 11.9 Å². The smallest absolute Gasteiger partial charge is 0.234 e. The molecule has 0 aliphatic carbocycles. The first-order valence-corrected chi connectivity index (χ1v) is 7.27. The third-order valence-corrected chi connectivity index (χ3v) is 3.61. The number of nitrogens with zero attached hydrogens (tertiary/aromatic N) is 1. The Kier molecular flexibility index (Phi) is 6.65. The van der Waals surface area contributed by atoms with E-state index in [1.54, 1.807) is 0 Å². The fraction of sp³-hybridized carbons (Fsp3) is 0.929. The molecule has 1 fully saturated rings. The van der Waals surface area contributed by atoms with Gasteiger partial charge in [-0.05, 0) is 32.2 Å². The first-order valence-electron chi connectivity index (χ1n) is 7.27. The van der Waals surface area contributed by atoms with E-state index >= 15 is 0 Å². The van der Waals surface area contributed by atoms with Crippen LogP contribution in [0.5, 0.6) is 0 Å². The number of hydrogen-bond acceptors (Lipinski definition) is 3. The lowest BCUT2D eigenvalue weighted by molar-refractivity contribution is -0.123. The molecule has 4 heteroatoms. The van der Waals surface area contributed by atoms with E-state index < -0.39 is 0 Å². The van der Waals surface area contributed by atoms with Crippen molar-refractivity contribution in [3.8, 4) is 0 Å². The minimum Gasteiger partial charge on any atom is -0.353 e. The van der Waals surface area contributed by atoms with Gasteiger partial charge in [0.05, 0.1) is 6.54 Å². The highest BCUT2D eigenvalue weighted by atomic mass is 16.2. The molecule has 1 atom stereocenters. The largest absolute Gasteiger partial charge is 0.353 e. The fourth-order valence-corrected chi connectivity index (χ4v) is 2.19. The quantitative estimate of drug-likeness (QED) is 0.685. The molecule has 2 N–H and O–H groups in total. The second-order valence-electron chi connectivity index (χ2n) is 5.81. The standard InChI is InChI=1S/C14H29N3O/c1-5-17(13-8-15-9-13)10-14(18)16-12(4)7-6-11(2)3/h11-13,15H,5-10H2,1-4H3,(H,16,18). The maximum Gasteiger partial charge on any atom is 0.234 e. The summed E-state index contributed by atoms with van der Waals surface area (Å²) in [7, 11) is 0. The average Bonchev–Trinajstić information content (AvgIpc) is 2.22. The molecule has 1 heterocycles. The predicted octanol–water partition coefficient (Wildman–Crippen LogP) is 1.22. The van der Waals surface area contributed by atoms with E-state index in [1.807, 2.05) is 0 Å². The molecule has 106 valence electrons. The van der Waals surface area contributed by atoms with Crippen LogP contribution in [0.3, 0.4) is 0 Å². The molecular formula is C14H29N3O. The van der Waals surface area contributed by atoms with Crippen LogP contribution >= 0.6 is 0 Å². The Hall–Kier alpha value is -0.610. The molecule has 0 aromatic rings. The molecule has 0 radical (unpaired) electrons. The van der Waals surface area contributed by atoms with Crippen molar-refractivity contribution in [3.63, 3.8) is 0 Å². The second kappa shape index (κ2) is 7.74. The maximum absolute atomic E-state index is 11.9. The zero-order valence-electron chi connectivity index (χ0n) is 12.3. The normalized spacial score (nSPS) is 17.9. The highest BCUT2D eigenvalue weighted by Crippen LogP contribution is 2.07. The molecule has 1 aliphatic heterocycles. The lowest BCUT2D eigenvalue weighted by atomic mass is 10.0. The summed E-state index contributed by atoms with van der Waals surface area (Å²) in [5, 5.41) is 6.35. The van der Waals surface area contributed by atoms with Gasteiger partial charge in [-0.25, -0.2) is 0 Å². The van der Waals surface area contributed by atoms with Gasteiger partial charge in [-0.1, -0.05) is 20.8 Å². The summed E-state index contributed by atoms with van der Waals surface area (Å²) in [6, 6.07) is 0.838. The maximum atomic E-state index is 11.9. The highest BCUT2D eigenvalue weighted by molar-refractivity contribution is 5.78. The Bertz CT molecular complexity index is 251. The van der Waals surface area contributed by atoms with Crippen LogP contribution in [0.15, 0.2) is 0 Å². The van der Waals surface area contributed by atoms with Crippen LogP contribution in [0, 0.1) is 5.92 Å². The molecule has 1 unspecified atom stereocenters. The topological polar surface area (TPSA) is 44.4 Å². The van der Waals surface area contributed by atoms with E-state index in [2.05, 4.69) is 43.2 Å². The molecule has 1 rings (SSSR count). The van der Waals surface area contributed by atoms with Gasteiger partial charge < -0.3 is 10.6 Å².